The van der Waals surface area contributed by atoms with Gasteiger partial charge in [-0.25, -0.2) is 4.99 Å². The molecule has 0 aliphatic heterocycles. The van der Waals surface area contributed by atoms with Gasteiger partial charge in [-0.05, 0) is 44.4 Å². The van der Waals surface area contributed by atoms with Crippen molar-refractivity contribution < 1.29 is 9.47 Å². The molecule has 1 aliphatic carbocycles. The van der Waals surface area contributed by atoms with Gasteiger partial charge in [0.05, 0.1) is 20.3 Å². The molecule has 0 amide bonds. The Morgan fingerprint density at radius 3 is 2.58 bits per heavy atom. The molecule has 0 saturated heterocycles. The van der Waals surface area contributed by atoms with Gasteiger partial charge in [0.1, 0.15) is 0 Å². The molecule has 0 fully saturated rings. The Kier molecular flexibility index (Phi) is 9.59. The zero-order chi connectivity index (χ0) is 16.5. The molecule has 6 heteroatoms. The maximum absolute atomic E-state index is 5.54. The first-order chi connectivity index (χ1) is 11.3. The third kappa shape index (κ3) is 6.22. The van der Waals surface area contributed by atoms with Gasteiger partial charge in [-0.15, -0.1) is 24.0 Å². The number of rotatable bonds is 7. The van der Waals surface area contributed by atoms with Crippen LogP contribution in [-0.2, 0) is 6.54 Å². The largest absolute Gasteiger partial charge is 0.493 e. The highest BCUT2D eigenvalue weighted by molar-refractivity contribution is 14.0. The van der Waals surface area contributed by atoms with Crippen molar-refractivity contribution in [1.82, 2.24) is 10.6 Å². The molecule has 0 saturated carbocycles. The lowest BCUT2D eigenvalue weighted by molar-refractivity contribution is 0.310. The second-order valence-corrected chi connectivity index (χ2v) is 5.40. The fourth-order valence-electron chi connectivity index (χ4n) is 2.50. The van der Waals surface area contributed by atoms with Gasteiger partial charge in [-0.3, -0.25) is 0 Å². The first-order valence-corrected chi connectivity index (χ1v) is 8.26. The minimum atomic E-state index is 0. The van der Waals surface area contributed by atoms with Gasteiger partial charge >= 0.3 is 0 Å². The van der Waals surface area contributed by atoms with Crippen molar-refractivity contribution in [2.24, 2.45) is 4.99 Å². The summed E-state index contributed by atoms with van der Waals surface area (Å²) in [7, 11) is 1.66. The highest BCUT2D eigenvalue weighted by Crippen LogP contribution is 2.28. The molecule has 0 unspecified atom stereocenters. The van der Waals surface area contributed by atoms with Crippen molar-refractivity contribution >= 4 is 29.9 Å². The van der Waals surface area contributed by atoms with Gasteiger partial charge in [-0.2, -0.15) is 0 Å². The number of nitrogens with zero attached hydrogens (tertiary/aromatic N) is 1. The Balaban J connectivity index is 0.00000288. The van der Waals surface area contributed by atoms with Crippen molar-refractivity contribution in [3.8, 4) is 11.5 Å². The van der Waals surface area contributed by atoms with Crippen molar-refractivity contribution in [2.45, 2.75) is 39.3 Å². The average Bonchev–Trinajstić information content (AvgIpc) is 3.07. The predicted octanol–water partition coefficient (Wildman–Crippen LogP) is 3.49. The lowest BCUT2D eigenvalue weighted by Gasteiger charge is -2.17. The Labute approximate surface area is 161 Å². The number of ether oxygens (including phenoxy) is 2. The fraction of sp³-hybridized carbons (Fsp3) is 0.500. The van der Waals surface area contributed by atoms with Crippen LogP contribution >= 0.6 is 24.0 Å². The van der Waals surface area contributed by atoms with Gasteiger partial charge in [0.2, 0.25) is 0 Å². The average molecular weight is 445 g/mol. The molecule has 2 rings (SSSR count). The molecule has 0 bridgehead atoms. The highest BCUT2D eigenvalue weighted by Gasteiger charge is 2.11. The van der Waals surface area contributed by atoms with Crippen LogP contribution in [0.1, 0.15) is 32.3 Å². The van der Waals surface area contributed by atoms with E-state index in [-0.39, 0.29) is 24.0 Å². The zero-order valence-corrected chi connectivity index (χ0v) is 17.0. The van der Waals surface area contributed by atoms with E-state index in [0.29, 0.717) is 19.2 Å². The lowest BCUT2D eigenvalue weighted by Crippen LogP contribution is -2.42. The summed E-state index contributed by atoms with van der Waals surface area (Å²) < 4.78 is 10.9. The summed E-state index contributed by atoms with van der Waals surface area (Å²) in [5.74, 6) is 2.37. The van der Waals surface area contributed by atoms with Crippen LogP contribution in [0.3, 0.4) is 0 Å². The summed E-state index contributed by atoms with van der Waals surface area (Å²) in [6, 6.07) is 6.39. The standard InChI is InChI=1S/C18H27N3O2.HI/c1-4-19-18(21-15-8-6-7-9-15)20-13-14-10-11-16(23-5-2)17(12-14)22-3;/h6-7,10-12,15H,4-5,8-9,13H2,1-3H3,(H2,19,20,21);1H. The minimum absolute atomic E-state index is 0. The molecule has 0 heterocycles. The second kappa shape index (κ2) is 11.2. The van der Waals surface area contributed by atoms with Crippen LogP contribution in [0.25, 0.3) is 0 Å². The molecule has 134 valence electrons. The Morgan fingerprint density at radius 2 is 1.96 bits per heavy atom. The summed E-state index contributed by atoms with van der Waals surface area (Å²) in [5.41, 5.74) is 1.09. The second-order valence-electron chi connectivity index (χ2n) is 5.40. The molecule has 0 atom stereocenters. The third-order valence-corrected chi connectivity index (χ3v) is 3.64. The molecule has 24 heavy (non-hydrogen) atoms. The van der Waals surface area contributed by atoms with Crippen molar-refractivity contribution in [1.29, 1.82) is 0 Å². The van der Waals surface area contributed by atoms with Crippen LogP contribution in [0, 0.1) is 0 Å². The van der Waals surface area contributed by atoms with Crippen molar-refractivity contribution in [3.05, 3.63) is 35.9 Å². The van der Waals surface area contributed by atoms with E-state index in [4.69, 9.17) is 9.47 Å². The van der Waals surface area contributed by atoms with Gasteiger partial charge in [0.15, 0.2) is 17.5 Å². The maximum atomic E-state index is 5.54. The van der Waals surface area contributed by atoms with E-state index in [9.17, 15) is 0 Å². The van der Waals surface area contributed by atoms with E-state index >= 15 is 0 Å². The molecule has 1 aliphatic rings. The minimum Gasteiger partial charge on any atom is -0.493 e. The monoisotopic (exact) mass is 445 g/mol. The predicted molar refractivity (Wildman–Crippen MR) is 110 cm³/mol. The van der Waals surface area contributed by atoms with Crippen LogP contribution in [0.15, 0.2) is 35.3 Å². The lowest BCUT2D eigenvalue weighted by atomic mass is 10.2. The molecule has 0 spiro atoms. The maximum Gasteiger partial charge on any atom is 0.191 e. The number of guanidine groups is 1. The molecule has 1 aromatic rings. The summed E-state index contributed by atoms with van der Waals surface area (Å²) in [5, 5.41) is 6.76. The molecule has 1 aromatic carbocycles. The normalized spacial score (nSPS) is 14.2. The Bertz CT molecular complexity index is 553. The first-order valence-electron chi connectivity index (χ1n) is 8.26. The topological polar surface area (TPSA) is 54.9 Å². The smallest absolute Gasteiger partial charge is 0.191 e. The number of halogens is 1. The Morgan fingerprint density at radius 1 is 1.21 bits per heavy atom. The summed E-state index contributed by atoms with van der Waals surface area (Å²) in [6.07, 6.45) is 6.53. The molecular formula is C18H28IN3O2. The molecule has 0 aromatic heterocycles. The SMILES string of the molecule is CCNC(=NCc1ccc(OCC)c(OC)c1)NC1CC=CC1.I. The van der Waals surface area contributed by atoms with E-state index < -0.39 is 0 Å². The number of benzene rings is 1. The van der Waals surface area contributed by atoms with Crippen LogP contribution in [-0.4, -0.2) is 32.3 Å². The van der Waals surface area contributed by atoms with Gasteiger partial charge < -0.3 is 20.1 Å². The number of methoxy groups -OCH3 is 1. The number of aliphatic imine (C=N–C) groups is 1. The molecule has 2 N–H and O–H groups in total. The van der Waals surface area contributed by atoms with Crippen molar-refractivity contribution in [2.75, 3.05) is 20.3 Å². The van der Waals surface area contributed by atoms with Crippen LogP contribution in [0.5, 0.6) is 11.5 Å². The Hall–Kier alpha value is -1.44. The van der Waals surface area contributed by atoms with Crippen LogP contribution in [0.4, 0.5) is 0 Å². The summed E-state index contributed by atoms with van der Waals surface area (Å²) >= 11 is 0. The van der Waals surface area contributed by atoms with Gasteiger partial charge in [-0.1, -0.05) is 18.2 Å². The molecule has 0 radical (unpaired) electrons. The van der Waals surface area contributed by atoms with E-state index in [1.165, 1.54) is 0 Å². The van der Waals surface area contributed by atoms with E-state index in [2.05, 4.69) is 34.7 Å². The molecule has 5 nitrogen and oxygen atoms in total. The number of hydrogen-bond acceptors (Lipinski definition) is 3. The van der Waals surface area contributed by atoms with Crippen LogP contribution in [0.2, 0.25) is 0 Å². The summed E-state index contributed by atoms with van der Waals surface area (Å²) in [6.45, 7) is 6.10. The van der Waals surface area contributed by atoms with Gasteiger partial charge in [0.25, 0.3) is 0 Å². The third-order valence-electron chi connectivity index (χ3n) is 3.64. The molecular weight excluding hydrogens is 417 g/mol. The zero-order valence-electron chi connectivity index (χ0n) is 14.7. The van der Waals surface area contributed by atoms with Gasteiger partial charge in [0, 0.05) is 12.6 Å². The van der Waals surface area contributed by atoms with E-state index in [1.807, 2.05) is 25.1 Å². The van der Waals surface area contributed by atoms with E-state index in [0.717, 1.165) is 42.4 Å². The number of hydrogen-bond donors (Lipinski definition) is 2. The van der Waals surface area contributed by atoms with E-state index in [1.54, 1.807) is 7.11 Å². The fourth-order valence-corrected chi connectivity index (χ4v) is 2.50. The van der Waals surface area contributed by atoms with Crippen molar-refractivity contribution in [3.63, 3.8) is 0 Å². The quantitative estimate of drug-likeness (QED) is 0.292. The van der Waals surface area contributed by atoms with Crippen LogP contribution < -0.4 is 20.1 Å². The summed E-state index contributed by atoms with van der Waals surface area (Å²) in [4.78, 5) is 4.67. The first kappa shape index (κ1) is 20.6. The highest BCUT2D eigenvalue weighted by atomic mass is 127. The number of nitrogens with one attached hydrogen (secondary N) is 2.